The van der Waals surface area contributed by atoms with Crippen molar-refractivity contribution in [2.45, 2.75) is 45.2 Å². The second-order valence-corrected chi connectivity index (χ2v) is 6.29. The highest BCUT2D eigenvalue weighted by molar-refractivity contribution is 5.80. The average molecular weight is 255 g/mol. The number of aromatic nitrogens is 2. The van der Waals surface area contributed by atoms with Gasteiger partial charge in [0.05, 0.1) is 17.3 Å². The topological polar surface area (TPSA) is 29.0 Å². The van der Waals surface area contributed by atoms with Crippen LogP contribution >= 0.6 is 0 Å². The van der Waals surface area contributed by atoms with Gasteiger partial charge >= 0.3 is 0 Å². The fraction of sp³-hybridized carbons (Fsp3) is 0.500. The normalized spacial score (nSPS) is 21.1. The molecule has 0 aromatic carbocycles. The number of likely N-dealkylation sites (tertiary alicyclic amines) is 1. The van der Waals surface area contributed by atoms with Crippen LogP contribution in [0.15, 0.2) is 30.6 Å². The summed E-state index contributed by atoms with van der Waals surface area (Å²) in [6.45, 7) is 8.02. The van der Waals surface area contributed by atoms with Crippen molar-refractivity contribution in [1.82, 2.24) is 14.9 Å². The van der Waals surface area contributed by atoms with Crippen LogP contribution in [0, 0.1) is 0 Å². The van der Waals surface area contributed by atoms with Crippen molar-refractivity contribution in [3.63, 3.8) is 0 Å². The summed E-state index contributed by atoms with van der Waals surface area (Å²) < 4.78 is 0. The number of rotatable bonds is 1. The van der Waals surface area contributed by atoms with Gasteiger partial charge in [0.2, 0.25) is 0 Å². The Morgan fingerprint density at radius 3 is 2.79 bits per heavy atom. The van der Waals surface area contributed by atoms with Crippen molar-refractivity contribution in [2.24, 2.45) is 0 Å². The van der Waals surface area contributed by atoms with Gasteiger partial charge in [-0.1, -0.05) is 0 Å². The van der Waals surface area contributed by atoms with Crippen molar-refractivity contribution < 1.29 is 0 Å². The first-order chi connectivity index (χ1) is 9.07. The van der Waals surface area contributed by atoms with Crippen LogP contribution in [0.25, 0.3) is 10.9 Å². The van der Waals surface area contributed by atoms with Gasteiger partial charge in [0.1, 0.15) is 0 Å². The van der Waals surface area contributed by atoms with Crippen LogP contribution in [0.3, 0.4) is 0 Å². The molecule has 100 valence electrons. The molecule has 0 bridgehead atoms. The van der Waals surface area contributed by atoms with Crippen LogP contribution in [0.5, 0.6) is 0 Å². The molecule has 1 aliphatic heterocycles. The van der Waals surface area contributed by atoms with Crippen LogP contribution in [0.4, 0.5) is 0 Å². The van der Waals surface area contributed by atoms with Gasteiger partial charge in [0, 0.05) is 23.3 Å². The van der Waals surface area contributed by atoms with Crippen molar-refractivity contribution in [3.05, 3.63) is 36.3 Å². The van der Waals surface area contributed by atoms with Crippen LogP contribution in [0.1, 0.15) is 45.3 Å². The zero-order chi connectivity index (χ0) is 13.5. The number of pyridine rings is 2. The van der Waals surface area contributed by atoms with E-state index in [1.807, 2.05) is 24.5 Å². The molecule has 1 fully saturated rings. The molecule has 1 atom stereocenters. The van der Waals surface area contributed by atoms with Gasteiger partial charge < -0.3 is 0 Å². The average Bonchev–Trinajstić information content (AvgIpc) is 2.87. The lowest BCUT2D eigenvalue weighted by Crippen LogP contribution is -2.40. The summed E-state index contributed by atoms with van der Waals surface area (Å²) in [6, 6.07) is 6.57. The molecule has 0 radical (unpaired) electrons. The molecule has 3 heterocycles. The maximum Gasteiger partial charge on any atom is 0.0736 e. The number of nitrogens with zero attached hydrogens (tertiary/aromatic N) is 3. The van der Waals surface area contributed by atoms with E-state index in [1.165, 1.54) is 23.9 Å². The largest absolute Gasteiger partial charge is 0.290 e. The van der Waals surface area contributed by atoms with Crippen LogP contribution in [0.2, 0.25) is 0 Å². The molecule has 0 spiro atoms. The molecule has 1 unspecified atom stereocenters. The van der Waals surface area contributed by atoms with Gasteiger partial charge in [-0.2, -0.15) is 0 Å². The Bertz CT molecular complexity index is 581. The van der Waals surface area contributed by atoms with E-state index in [-0.39, 0.29) is 5.54 Å². The van der Waals surface area contributed by atoms with E-state index in [9.17, 15) is 0 Å². The van der Waals surface area contributed by atoms with Gasteiger partial charge in [-0.25, -0.2) is 0 Å². The standard InChI is InChI=1S/C16H21N3/c1-16(2,3)19-11-5-7-14(19)15-12-6-4-9-17-13(12)8-10-18-15/h4,6,8-10,14H,5,7,11H2,1-3H3. The van der Waals surface area contributed by atoms with E-state index in [4.69, 9.17) is 0 Å². The number of hydrogen-bond donors (Lipinski definition) is 0. The lowest BCUT2D eigenvalue weighted by atomic mass is 10.0. The molecule has 2 aromatic rings. The number of hydrogen-bond acceptors (Lipinski definition) is 3. The van der Waals surface area contributed by atoms with E-state index in [1.54, 1.807) is 0 Å². The Hall–Kier alpha value is -1.48. The van der Waals surface area contributed by atoms with Gasteiger partial charge in [-0.15, -0.1) is 0 Å². The smallest absolute Gasteiger partial charge is 0.0736 e. The lowest BCUT2D eigenvalue weighted by Gasteiger charge is -2.37. The Balaban J connectivity index is 2.09. The van der Waals surface area contributed by atoms with E-state index in [0.717, 1.165) is 12.1 Å². The first-order valence-corrected chi connectivity index (χ1v) is 7.04. The molecule has 0 saturated carbocycles. The maximum atomic E-state index is 4.67. The molecule has 3 nitrogen and oxygen atoms in total. The van der Waals surface area contributed by atoms with Gasteiger partial charge in [0.25, 0.3) is 0 Å². The monoisotopic (exact) mass is 255 g/mol. The van der Waals surface area contributed by atoms with E-state index >= 15 is 0 Å². The second-order valence-electron chi connectivity index (χ2n) is 6.29. The molecule has 0 amide bonds. The Morgan fingerprint density at radius 1 is 1.16 bits per heavy atom. The van der Waals surface area contributed by atoms with Gasteiger partial charge in [-0.05, 0) is 58.4 Å². The second kappa shape index (κ2) is 4.57. The highest BCUT2D eigenvalue weighted by Crippen LogP contribution is 2.38. The molecule has 0 N–H and O–H groups in total. The summed E-state index contributed by atoms with van der Waals surface area (Å²) in [5, 5.41) is 1.20. The van der Waals surface area contributed by atoms with Gasteiger partial charge in [-0.3, -0.25) is 14.9 Å². The summed E-state index contributed by atoms with van der Waals surface area (Å²) in [5.41, 5.74) is 2.43. The third-order valence-corrected chi connectivity index (χ3v) is 3.99. The first kappa shape index (κ1) is 12.5. The molecular weight excluding hydrogens is 234 g/mol. The summed E-state index contributed by atoms with van der Waals surface area (Å²) in [6.07, 6.45) is 6.19. The first-order valence-electron chi connectivity index (χ1n) is 7.04. The molecule has 0 aliphatic carbocycles. The SMILES string of the molecule is CC(C)(C)N1CCCC1c1nccc2ncccc12. The number of fused-ring (bicyclic) bond motifs is 1. The molecule has 1 saturated heterocycles. The van der Waals surface area contributed by atoms with Crippen molar-refractivity contribution >= 4 is 10.9 Å². The van der Waals surface area contributed by atoms with E-state index in [0.29, 0.717) is 6.04 Å². The molecular formula is C16H21N3. The summed E-state index contributed by atoms with van der Waals surface area (Å²) >= 11 is 0. The van der Waals surface area contributed by atoms with Crippen LogP contribution in [-0.4, -0.2) is 27.0 Å². The summed E-state index contributed by atoms with van der Waals surface area (Å²) in [7, 11) is 0. The Morgan fingerprint density at radius 2 is 2.00 bits per heavy atom. The van der Waals surface area contributed by atoms with E-state index < -0.39 is 0 Å². The minimum atomic E-state index is 0.188. The Kier molecular flexibility index (Phi) is 3.02. The molecule has 19 heavy (non-hydrogen) atoms. The predicted octanol–water partition coefficient (Wildman–Crippen LogP) is 3.57. The zero-order valence-corrected chi connectivity index (χ0v) is 11.9. The van der Waals surface area contributed by atoms with E-state index in [2.05, 4.69) is 41.7 Å². The molecule has 3 heteroatoms. The molecule has 1 aliphatic rings. The van der Waals surface area contributed by atoms with Crippen molar-refractivity contribution in [1.29, 1.82) is 0 Å². The third-order valence-electron chi connectivity index (χ3n) is 3.99. The molecule has 2 aromatic heterocycles. The highest BCUT2D eigenvalue weighted by atomic mass is 15.2. The Labute approximate surface area is 114 Å². The van der Waals surface area contributed by atoms with Crippen LogP contribution < -0.4 is 0 Å². The minimum absolute atomic E-state index is 0.188. The van der Waals surface area contributed by atoms with Crippen LogP contribution in [-0.2, 0) is 0 Å². The zero-order valence-electron chi connectivity index (χ0n) is 11.9. The predicted molar refractivity (Wildman–Crippen MR) is 78.0 cm³/mol. The quantitative estimate of drug-likeness (QED) is 0.780. The van der Waals surface area contributed by atoms with Crippen molar-refractivity contribution in [3.8, 4) is 0 Å². The summed E-state index contributed by atoms with van der Waals surface area (Å²) in [4.78, 5) is 11.7. The summed E-state index contributed by atoms with van der Waals surface area (Å²) in [5.74, 6) is 0. The fourth-order valence-corrected chi connectivity index (χ4v) is 3.14. The highest BCUT2D eigenvalue weighted by Gasteiger charge is 2.35. The maximum absolute atomic E-state index is 4.67. The van der Waals surface area contributed by atoms with Crippen molar-refractivity contribution in [2.75, 3.05) is 6.54 Å². The lowest BCUT2D eigenvalue weighted by molar-refractivity contribution is 0.120. The third kappa shape index (κ3) is 2.23. The minimum Gasteiger partial charge on any atom is -0.290 e. The fourth-order valence-electron chi connectivity index (χ4n) is 3.14. The van der Waals surface area contributed by atoms with Gasteiger partial charge in [0.15, 0.2) is 0 Å². The molecule has 3 rings (SSSR count).